The van der Waals surface area contributed by atoms with Gasteiger partial charge in [-0.25, -0.2) is 0 Å². The van der Waals surface area contributed by atoms with Crippen LogP contribution in [0.15, 0.2) is 30.3 Å². The quantitative estimate of drug-likeness (QED) is 0.796. The predicted molar refractivity (Wildman–Crippen MR) is 95.7 cm³/mol. The molecule has 24 heavy (non-hydrogen) atoms. The van der Waals surface area contributed by atoms with E-state index >= 15 is 0 Å². The first-order valence-corrected chi connectivity index (χ1v) is 8.29. The minimum atomic E-state index is -0.100. The van der Waals surface area contributed by atoms with Gasteiger partial charge in [-0.3, -0.25) is 9.59 Å². The van der Waals surface area contributed by atoms with Crippen molar-refractivity contribution in [2.45, 2.75) is 39.7 Å². The van der Waals surface area contributed by atoms with Gasteiger partial charge < -0.3 is 15.2 Å². The van der Waals surface area contributed by atoms with E-state index in [-0.39, 0.29) is 18.2 Å². The lowest BCUT2D eigenvalue weighted by molar-refractivity contribution is -0.114. The van der Waals surface area contributed by atoms with E-state index in [1.165, 1.54) is 19.8 Å². The van der Waals surface area contributed by atoms with E-state index in [0.717, 1.165) is 28.3 Å². The smallest absolute Gasteiger partial charge is 0.221 e. The summed E-state index contributed by atoms with van der Waals surface area (Å²) in [6.45, 7) is 5.83. The summed E-state index contributed by atoms with van der Waals surface area (Å²) in [5.74, 6) is -0.00200. The van der Waals surface area contributed by atoms with E-state index in [9.17, 15) is 9.59 Å². The van der Waals surface area contributed by atoms with Gasteiger partial charge in [-0.15, -0.1) is 0 Å². The zero-order chi connectivity index (χ0) is 17.3. The molecule has 3 rings (SSSR count). The Morgan fingerprint density at radius 3 is 2.33 bits per heavy atom. The summed E-state index contributed by atoms with van der Waals surface area (Å²) in [4.78, 5) is 23.5. The first-order valence-electron chi connectivity index (χ1n) is 8.29. The second-order valence-electron chi connectivity index (χ2n) is 6.42. The van der Waals surface area contributed by atoms with Crippen molar-refractivity contribution in [2.24, 2.45) is 0 Å². The Hall–Kier alpha value is -2.56. The van der Waals surface area contributed by atoms with Gasteiger partial charge in [0, 0.05) is 41.3 Å². The monoisotopic (exact) mass is 325 g/mol. The van der Waals surface area contributed by atoms with Gasteiger partial charge in [-0.05, 0) is 57.0 Å². The molecule has 0 radical (unpaired) electrons. The van der Waals surface area contributed by atoms with Gasteiger partial charge >= 0.3 is 0 Å². The SMILES string of the molecule is CC(=O)Nc1ccc(NCC(=O)c2cc(C)n(C3CC3)c2C)cc1. The molecule has 5 heteroatoms. The van der Waals surface area contributed by atoms with Gasteiger partial charge in [-0.1, -0.05) is 0 Å². The summed E-state index contributed by atoms with van der Waals surface area (Å²) in [6, 6.07) is 9.91. The van der Waals surface area contributed by atoms with Crippen LogP contribution in [0.2, 0.25) is 0 Å². The number of hydrogen-bond acceptors (Lipinski definition) is 3. The number of amides is 1. The topological polar surface area (TPSA) is 63.1 Å². The van der Waals surface area contributed by atoms with Crippen LogP contribution in [0.5, 0.6) is 0 Å². The van der Waals surface area contributed by atoms with Crippen LogP contribution in [0, 0.1) is 13.8 Å². The summed E-state index contributed by atoms with van der Waals surface area (Å²) in [5.41, 5.74) is 4.64. The third-order valence-electron chi connectivity index (χ3n) is 4.36. The molecule has 1 amide bonds. The number of carbonyl (C=O) groups is 2. The Balaban J connectivity index is 1.63. The number of rotatable bonds is 6. The van der Waals surface area contributed by atoms with Gasteiger partial charge in [0.1, 0.15) is 0 Å². The van der Waals surface area contributed by atoms with E-state index in [1.54, 1.807) is 0 Å². The van der Waals surface area contributed by atoms with E-state index in [2.05, 4.69) is 22.1 Å². The maximum absolute atomic E-state index is 12.5. The normalized spacial score (nSPS) is 13.6. The van der Waals surface area contributed by atoms with Crippen molar-refractivity contribution in [2.75, 3.05) is 17.2 Å². The molecule has 0 atom stereocenters. The van der Waals surface area contributed by atoms with E-state index in [4.69, 9.17) is 0 Å². The van der Waals surface area contributed by atoms with Gasteiger partial charge in [-0.2, -0.15) is 0 Å². The summed E-state index contributed by atoms with van der Waals surface area (Å²) in [7, 11) is 0. The molecule has 0 unspecified atom stereocenters. The Labute approximate surface area is 142 Å². The predicted octanol–water partition coefficient (Wildman–Crippen LogP) is 3.69. The maximum Gasteiger partial charge on any atom is 0.221 e. The molecule has 1 saturated carbocycles. The van der Waals surface area contributed by atoms with Crippen LogP contribution in [0.4, 0.5) is 11.4 Å². The summed E-state index contributed by atoms with van der Waals surface area (Å²) in [5, 5.41) is 5.87. The van der Waals surface area contributed by atoms with Crippen LogP contribution in [0.25, 0.3) is 0 Å². The average Bonchev–Trinajstić information content (AvgIpc) is 3.31. The van der Waals surface area contributed by atoms with E-state index in [1.807, 2.05) is 37.3 Å². The molecule has 1 aliphatic rings. The van der Waals surface area contributed by atoms with Crippen molar-refractivity contribution in [3.63, 3.8) is 0 Å². The third kappa shape index (κ3) is 3.50. The first-order chi connectivity index (χ1) is 11.5. The van der Waals surface area contributed by atoms with Crippen molar-refractivity contribution in [1.82, 2.24) is 4.57 Å². The number of ketones is 1. The number of benzene rings is 1. The number of nitrogens with one attached hydrogen (secondary N) is 2. The number of Topliss-reactive ketones (excluding diaryl/α,β-unsaturated/α-hetero) is 1. The fourth-order valence-electron chi connectivity index (χ4n) is 3.11. The number of anilines is 2. The fraction of sp³-hybridized carbons (Fsp3) is 0.368. The second kappa shape index (κ2) is 6.51. The molecule has 1 heterocycles. The van der Waals surface area contributed by atoms with Gasteiger partial charge in [0.25, 0.3) is 0 Å². The Morgan fingerprint density at radius 2 is 1.75 bits per heavy atom. The van der Waals surface area contributed by atoms with Crippen LogP contribution in [0.1, 0.15) is 47.6 Å². The lowest BCUT2D eigenvalue weighted by Crippen LogP contribution is -2.15. The summed E-state index contributed by atoms with van der Waals surface area (Å²) in [6.07, 6.45) is 2.42. The fourth-order valence-corrected chi connectivity index (χ4v) is 3.11. The van der Waals surface area contributed by atoms with Crippen LogP contribution in [0.3, 0.4) is 0 Å². The van der Waals surface area contributed by atoms with E-state index in [0.29, 0.717) is 6.04 Å². The zero-order valence-corrected chi connectivity index (χ0v) is 14.3. The highest BCUT2D eigenvalue weighted by molar-refractivity contribution is 6.00. The Morgan fingerprint density at radius 1 is 1.12 bits per heavy atom. The Kier molecular flexibility index (Phi) is 4.42. The van der Waals surface area contributed by atoms with Crippen LogP contribution in [-0.2, 0) is 4.79 Å². The lowest BCUT2D eigenvalue weighted by atomic mass is 10.1. The summed E-state index contributed by atoms with van der Waals surface area (Å²) < 4.78 is 2.29. The first kappa shape index (κ1) is 16.3. The number of carbonyl (C=O) groups excluding carboxylic acids is 2. The highest BCUT2D eigenvalue weighted by Crippen LogP contribution is 2.38. The molecule has 2 N–H and O–H groups in total. The van der Waals surface area contributed by atoms with Gasteiger partial charge in [0.05, 0.1) is 6.54 Å². The van der Waals surface area contributed by atoms with Crippen LogP contribution >= 0.6 is 0 Å². The molecule has 0 saturated heterocycles. The molecule has 0 bridgehead atoms. The molecule has 5 nitrogen and oxygen atoms in total. The molecule has 1 aromatic heterocycles. The van der Waals surface area contributed by atoms with Crippen molar-refractivity contribution in [3.05, 3.63) is 47.3 Å². The Bertz CT molecular complexity index is 771. The van der Waals surface area contributed by atoms with Gasteiger partial charge in [0.2, 0.25) is 5.91 Å². The number of hydrogen-bond donors (Lipinski definition) is 2. The molecule has 0 spiro atoms. The number of aryl methyl sites for hydroxylation is 1. The molecule has 1 aliphatic carbocycles. The van der Waals surface area contributed by atoms with Crippen molar-refractivity contribution >= 4 is 23.1 Å². The molecule has 126 valence electrons. The zero-order valence-electron chi connectivity index (χ0n) is 14.3. The molecule has 2 aromatic rings. The van der Waals surface area contributed by atoms with Crippen molar-refractivity contribution < 1.29 is 9.59 Å². The third-order valence-corrected chi connectivity index (χ3v) is 4.36. The molecular weight excluding hydrogens is 302 g/mol. The highest BCUT2D eigenvalue weighted by atomic mass is 16.1. The largest absolute Gasteiger partial charge is 0.378 e. The maximum atomic E-state index is 12.5. The molecule has 1 fully saturated rings. The highest BCUT2D eigenvalue weighted by Gasteiger charge is 2.28. The molecule has 1 aromatic carbocycles. The van der Waals surface area contributed by atoms with Crippen LogP contribution in [-0.4, -0.2) is 22.8 Å². The minimum Gasteiger partial charge on any atom is -0.378 e. The number of nitrogens with zero attached hydrogens (tertiary/aromatic N) is 1. The average molecular weight is 325 g/mol. The van der Waals surface area contributed by atoms with Crippen molar-refractivity contribution in [3.8, 4) is 0 Å². The van der Waals surface area contributed by atoms with Gasteiger partial charge in [0.15, 0.2) is 5.78 Å². The number of aromatic nitrogens is 1. The molecular formula is C19H23N3O2. The molecule has 0 aliphatic heterocycles. The summed E-state index contributed by atoms with van der Waals surface area (Å²) >= 11 is 0. The lowest BCUT2D eigenvalue weighted by Gasteiger charge is -2.09. The van der Waals surface area contributed by atoms with E-state index < -0.39 is 0 Å². The standard InChI is InChI=1S/C19H23N3O2/c1-12-10-18(13(2)22(12)17-8-9-17)19(24)11-20-15-4-6-16(7-5-15)21-14(3)23/h4-7,10,17,20H,8-9,11H2,1-3H3,(H,21,23). The van der Waals surface area contributed by atoms with Crippen LogP contribution < -0.4 is 10.6 Å². The minimum absolute atomic E-state index is 0.0981. The van der Waals surface area contributed by atoms with Crippen molar-refractivity contribution in [1.29, 1.82) is 0 Å². The second-order valence-corrected chi connectivity index (χ2v) is 6.42.